The van der Waals surface area contributed by atoms with Crippen LogP contribution in [0.1, 0.15) is 41.7 Å². The third-order valence-corrected chi connectivity index (χ3v) is 9.06. The molecule has 1 N–H and O–H groups in total. The third-order valence-electron chi connectivity index (χ3n) is 7.25. The lowest BCUT2D eigenvalue weighted by molar-refractivity contribution is -0.109. The van der Waals surface area contributed by atoms with Gasteiger partial charge in [-0.05, 0) is 68.9 Å². The molecule has 11 heteroatoms. The van der Waals surface area contributed by atoms with Crippen LogP contribution in [0, 0.1) is 5.82 Å². The molecule has 0 atom stereocenters. The first kappa shape index (κ1) is 27.0. The topological polar surface area (TPSA) is 66.8 Å². The summed E-state index contributed by atoms with van der Waals surface area (Å²) in [6.45, 7) is 0.811. The minimum atomic E-state index is -5.84. The molecule has 3 aromatic rings. The lowest BCUT2D eigenvalue weighted by Gasteiger charge is -2.51. The minimum Gasteiger partial charge on any atom is -0.370 e. The van der Waals surface area contributed by atoms with Crippen LogP contribution in [0.25, 0.3) is 10.1 Å². The second-order valence-corrected chi connectivity index (χ2v) is 11.9. The van der Waals surface area contributed by atoms with Crippen molar-refractivity contribution in [3.63, 3.8) is 0 Å². The van der Waals surface area contributed by atoms with Gasteiger partial charge in [0, 0.05) is 27.1 Å². The van der Waals surface area contributed by atoms with Crippen LogP contribution in [0.4, 0.5) is 17.6 Å². The Kier molecular flexibility index (Phi) is 7.26. The molecule has 2 heterocycles. The zero-order valence-electron chi connectivity index (χ0n) is 19.8. The lowest BCUT2D eigenvalue weighted by Crippen LogP contribution is -2.49. The number of fused-ring (bicyclic) bond motifs is 4. The number of ether oxygens (including phenoxy) is 1. The standard InChI is InChI=1S/C24H26FNOS.CHF3O3S/c1-26(2)23(17-7-9-18(25)10-8-17)12-14-24(15-13-23)22-19-5-3-4-6-20(19)28-21(22)11-16-27-24;2-1(3,4)8(5,6)7/h3-10H,11-16H2,1-2H3;(H,5,6,7). The summed E-state index contributed by atoms with van der Waals surface area (Å²) in [5, 5.41) is 1.38. The van der Waals surface area contributed by atoms with Crippen molar-refractivity contribution in [2.75, 3.05) is 20.7 Å². The van der Waals surface area contributed by atoms with Crippen LogP contribution in [0.5, 0.6) is 0 Å². The number of hydrogen-bond donors (Lipinski definition) is 1. The molecule has 0 bridgehead atoms. The maximum Gasteiger partial charge on any atom is 0.522 e. The molecular weight excluding hydrogens is 518 g/mol. The van der Waals surface area contributed by atoms with Gasteiger partial charge in [0.25, 0.3) is 0 Å². The van der Waals surface area contributed by atoms with Gasteiger partial charge in [0.15, 0.2) is 0 Å². The fourth-order valence-corrected chi connectivity index (χ4v) is 6.67. The molecule has 196 valence electrons. The minimum absolute atomic E-state index is 0.0637. The summed E-state index contributed by atoms with van der Waals surface area (Å²) in [4.78, 5) is 3.83. The number of rotatable bonds is 2. The molecule has 0 amide bonds. The Morgan fingerprint density at radius 1 is 1.00 bits per heavy atom. The summed E-state index contributed by atoms with van der Waals surface area (Å²) in [5.74, 6) is -0.171. The molecule has 0 radical (unpaired) electrons. The summed E-state index contributed by atoms with van der Waals surface area (Å²) >= 11 is 1.94. The molecule has 5 nitrogen and oxygen atoms in total. The van der Waals surface area contributed by atoms with E-state index in [-0.39, 0.29) is 17.0 Å². The van der Waals surface area contributed by atoms with Crippen molar-refractivity contribution < 1.29 is 35.3 Å². The molecule has 1 saturated carbocycles. The van der Waals surface area contributed by atoms with Crippen LogP contribution in [0.15, 0.2) is 48.5 Å². The van der Waals surface area contributed by atoms with Crippen LogP contribution < -0.4 is 0 Å². The maximum absolute atomic E-state index is 13.5. The predicted octanol–water partition coefficient (Wildman–Crippen LogP) is 6.23. The van der Waals surface area contributed by atoms with E-state index in [2.05, 4.69) is 43.3 Å². The van der Waals surface area contributed by atoms with Crippen molar-refractivity contribution in [1.82, 2.24) is 4.90 Å². The molecule has 1 spiro atoms. The number of benzene rings is 2. The molecule has 1 aliphatic carbocycles. The second kappa shape index (κ2) is 9.68. The Labute approximate surface area is 211 Å². The van der Waals surface area contributed by atoms with E-state index in [0.29, 0.717) is 0 Å². The summed E-state index contributed by atoms with van der Waals surface area (Å²) in [5.41, 5.74) is -3.11. The fraction of sp³-hybridized carbons (Fsp3) is 0.440. The zero-order chi connectivity index (χ0) is 26.4. The first-order valence-corrected chi connectivity index (χ1v) is 13.7. The van der Waals surface area contributed by atoms with Crippen LogP contribution in [0.3, 0.4) is 0 Å². The molecule has 2 aromatic carbocycles. The monoisotopic (exact) mass is 545 g/mol. The zero-order valence-corrected chi connectivity index (χ0v) is 21.4. The van der Waals surface area contributed by atoms with Gasteiger partial charge >= 0.3 is 15.6 Å². The van der Waals surface area contributed by atoms with Crippen molar-refractivity contribution in [1.29, 1.82) is 0 Å². The van der Waals surface area contributed by atoms with Crippen LogP contribution in [0.2, 0.25) is 0 Å². The molecule has 5 rings (SSSR count). The van der Waals surface area contributed by atoms with E-state index in [9.17, 15) is 17.6 Å². The van der Waals surface area contributed by atoms with E-state index in [0.717, 1.165) is 38.7 Å². The molecular formula is C25H27F4NO4S2. The number of nitrogens with zero attached hydrogens (tertiary/aromatic N) is 1. The SMILES string of the molecule is CN(C)C1(c2ccc(F)cc2)CCC2(CC1)OCCc1sc3ccccc3c12.O=S(=O)(O)C(F)(F)F. The van der Waals surface area contributed by atoms with E-state index in [1.165, 1.54) is 26.1 Å². The largest absolute Gasteiger partial charge is 0.522 e. The van der Waals surface area contributed by atoms with Gasteiger partial charge in [-0.15, -0.1) is 11.3 Å². The average molecular weight is 546 g/mol. The van der Waals surface area contributed by atoms with Gasteiger partial charge in [0.1, 0.15) is 5.82 Å². The van der Waals surface area contributed by atoms with Gasteiger partial charge in [-0.1, -0.05) is 30.3 Å². The van der Waals surface area contributed by atoms with Crippen molar-refractivity contribution >= 4 is 31.5 Å². The molecule has 1 aliphatic heterocycles. The van der Waals surface area contributed by atoms with Crippen molar-refractivity contribution in [3.8, 4) is 0 Å². The van der Waals surface area contributed by atoms with Gasteiger partial charge in [0.05, 0.1) is 12.2 Å². The van der Waals surface area contributed by atoms with E-state index in [1.54, 1.807) is 12.1 Å². The van der Waals surface area contributed by atoms with E-state index in [4.69, 9.17) is 17.7 Å². The smallest absolute Gasteiger partial charge is 0.370 e. The van der Waals surface area contributed by atoms with Crippen molar-refractivity contribution in [2.24, 2.45) is 0 Å². The Bertz CT molecular complexity index is 1330. The number of hydrogen-bond acceptors (Lipinski definition) is 5. The highest BCUT2D eigenvalue weighted by Gasteiger charge is 2.49. The molecule has 2 aliphatic rings. The van der Waals surface area contributed by atoms with E-state index in [1.807, 2.05) is 23.5 Å². The Balaban J connectivity index is 0.000000331. The highest BCUT2D eigenvalue weighted by molar-refractivity contribution is 7.86. The molecule has 36 heavy (non-hydrogen) atoms. The van der Waals surface area contributed by atoms with Gasteiger partial charge in [-0.3, -0.25) is 9.45 Å². The van der Waals surface area contributed by atoms with Crippen LogP contribution >= 0.6 is 11.3 Å². The first-order chi connectivity index (χ1) is 16.8. The first-order valence-electron chi connectivity index (χ1n) is 11.4. The molecule has 0 unspecified atom stereocenters. The summed E-state index contributed by atoms with van der Waals surface area (Å²) in [6, 6.07) is 15.9. The van der Waals surface area contributed by atoms with Crippen molar-refractivity contribution in [3.05, 3.63) is 70.4 Å². The number of alkyl halides is 3. The quantitative estimate of drug-likeness (QED) is 0.235. The normalized spacial score (nSPS) is 24.4. The highest BCUT2D eigenvalue weighted by atomic mass is 32.2. The van der Waals surface area contributed by atoms with Gasteiger partial charge < -0.3 is 4.74 Å². The fourth-order valence-electron chi connectivity index (χ4n) is 5.40. The van der Waals surface area contributed by atoms with Crippen LogP contribution in [-0.4, -0.2) is 44.1 Å². The summed E-state index contributed by atoms with van der Waals surface area (Å²) in [6.07, 6.45) is 5.03. The number of thiophene rings is 1. The predicted molar refractivity (Wildman–Crippen MR) is 131 cm³/mol. The van der Waals surface area contributed by atoms with Gasteiger partial charge in [-0.2, -0.15) is 21.6 Å². The summed E-state index contributed by atoms with van der Waals surface area (Å²) < 4.78 is 79.0. The Hall–Kier alpha value is -2.05. The molecule has 1 fully saturated rings. The Morgan fingerprint density at radius 2 is 1.58 bits per heavy atom. The average Bonchev–Trinajstić information content (AvgIpc) is 3.19. The van der Waals surface area contributed by atoms with Gasteiger partial charge in [-0.25, -0.2) is 4.39 Å². The number of halogens is 4. The van der Waals surface area contributed by atoms with E-state index >= 15 is 0 Å². The lowest BCUT2D eigenvalue weighted by atomic mass is 9.67. The van der Waals surface area contributed by atoms with Crippen molar-refractivity contribution in [2.45, 2.75) is 48.8 Å². The summed E-state index contributed by atoms with van der Waals surface area (Å²) in [7, 11) is -1.55. The third kappa shape index (κ3) is 4.91. The van der Waals surface area contributed by atoms with E-state index < -0.39 is 15.6 Å². The Morgan fingerprint density at radius 3 is 2.14 bits per heavy atom. The van der Waals surface area contributed by atoms with Crippen LogP contribution in [-0.2, 0) is 32.4 Å². The molecule has 1 aromatic heterocycles. The maximum atomic E-state index is 13.5. The van der Waals surface area contributed by atoms with Gasteiger partial charge in [0.2, 0.25) is 0 Å². The second-order valence-electron chi connectivity index (χ2n) is 9.34. The highest BCUT2D eigenvalue weighted by Crippen LogP contribution is 2.54. The molecule has 0 saturated heterocycles.